The lowest BCUT2D eigenvalue weighted by atomic mass is 9.76. The van der Waals surface area contributed by atoms with E-state index in [4.69, 9.17) is 9.47 Å². The summed E-state index contributed by atoms with van der Waals surface area (Å²) in [6, 6.07) is 2.78. The summed E-state index contributed by atoms with van der Waals surface area (Å²) in [5.74, 6) is 2.07. The minimum absolute atomic E-state index is 0.0580. The number of ether oxygens (including phenoxy) is 2. The molecule has 2 amide bonds. The van der Waals surface area contributed by atoms with Gasteiger partial charge in [0, 0.05) is 30.6 Å². The molecule has 9 nitrogen and oxygen atoms in total. The lowest BCUT2D eigenvalue weighted by Crippen LogP contribution is -2.57. The van der Waals surface area contributed by atoms with Crippen LogP contribution in [0.15, 0.2) is 23.8 Å². The Morgan fingerprint density at radius 2 is 1.90 bits per heavy atom. The van der Waals surface area contributed by atoms with Crippen molar-refractivity contribution in [2.45, 2.75) is 95.0 Å². The number of hydrogen-bond acceptors (Lipinski definition) is 7. The maximum atomic E-state index is 14.2. The van der Waals surface area contributed by atoms with Crippen molar-refractivity contribution >= 4 is 11.8 Å². The summed E-state index contributed by atoms with van der Waals surface area (Å²) in [4.78, 5) is 29.7. The number of amides is 2. The summed E-state index contributed by atoms with van der Waals surface area (Å²) in [5, 5.41) is 34.1. The highest BCUT2D eigenvalue weighted by molar-refractivity contribution is 5.96. The molecule has 1 heterocycles. The van der Waals surface area contributed by atoms with Crippen LogP contribution in [0.2, 0.25) is 0 Å². The summed E-state index contributed by atoms with van der Waals surface area (Å²) in [7, 11) is 1.52. The van der Waals surface area contributed by atoms with Crippen molar-refractivity contribution in [3.05, 3.63) is 34.9 Å². The van der Waals surface area contributed by atoms with Crippen LogP contribution in [0, 0.1) is 23.7 Å². The fraction of sp³-hybridized carbons (Fsp3) is 0.697. The second-order valence-corrected chi connectivity index (χ2v) is 13.2. The average Bonchev–Trinajstić information content (AvgIpc) is 3.74. The summed E-state index contributed by atoms with van der Waals surface area (Å²) in [6.07, 6.45) is 10.8. The SMILES string of the molecule is COc1cc(CO)cc2c1OC1C2C(C(=O)NCCO)=CC(N(CC2CCCCC2)C(=O)CC2CC3CCC2C3)C1O. The van der Waals surface area contributed by atoms with E-state index >= 15 is 0 Å². The van der Waals surface area contributed by atoms with Crippen LogP contribution in [-0.4, -0.2) is 77.1 Å². The highest BCUT2D eigenvalue weighted by Gasteiger charge is 2.52. The molecule has 1 aliphatic heterocycles. The lowest BCUT2D eigenvalue weighted by molar-refractivity contribution is -0.139. The first-order chi connectivity index (χ1) is 20.4. The number of nitrogens with one attached hydrogen (secondary N) is 1. The van der Waals surface area contributed by atoms with E-state index in [0.29, 0.717) is 58.9 Å². The third kappa shape index (κ3) is 5.55. The van der Waals surface area contributed by atoms with E-state index in [9.17, 15) is 24.9 Å². The van der Waals surface area contributed by atoms with Gasteiger partial charge >= 0.3 is 0 Å². The van der Waals surface area contributed by atoms with Gasteiger partial charge in [0.1, 0.15) is 12.2 Å². The fourth-order valence-corrected chi connectivity index (χ4v) is 8.62. The summed E-state index contributed by atoms with van der Waals surface area (Å²) < 4.78 is 12.0. The number of carbonyl (C=O) groups is 2. The van der Waals surface area contributed by atoms with Crippen LogP contribution in [0.25, 0.3) is 0 Å². The van der Waals surface area contributed by atoms with Gasteiger partial charge in [-0.3, -0.25) is 9.59 Å². The van der Waals surface area contributed by atoms with Crippen molar-refractivity contribution in [3.63, 3.8) is 0 Å². The number of hydrogen-bond donors (Lipinski definition) is 4. The molecule has 230 valence electrons. The number of nitrogens with zero attached hydrogens (tertiary/aromatic N) is 1. The molecule has 7 unspecified atom stereocenters. The molecular weight excluding hydrogens is 536 g/mol. The van der Waals surface area contributed by atoms with Crippen molar-refractivity contribution in [2.75, 3.05) is 26.8 Å². The Balaban J connectivity index is 1.36. The Kier molecular flexibility index (Phi) is 8.80. The maximum absolute atomic E-state index is 14.2. The van der Waals surface area contributed by atoms with Crippen LogP contribution < -0.4 is 14.8 Å². The van der Waals surface area contributed by atoms with Crippen LogP contribution in [-0.2, 0) is 16.2 Å². The van der Waals surface area contributed by atoms with Gasteiger partial charge in [-0.15, -0.1) is 0 Å². The van der Waals surface area contributed by atoms with Gasteiger partial charge in [-0.1, -0.05) is 25.7 Å². The molecule has 1 aromatic rings. The van der Waals surface area contributed by atoms with E-state index < -0.39 is 24.2 Å². The molecule has 1 aromatic carbocycles. The van der Waals surface area contributed by atoms with Crippen molar-refractivity contribution in [1.29, 1.82) is 0 Å². The first-order valence-corrected chi connectivity index (χ1v) is 16.0. The van der Waals surface area contributed by atoms with E-state index in [1.807, 2.05) is 4.90 Å². The zero-order valence-electron chi connectivity index (χ0n) is 24.7. The van der Waals surface area contributed by atoms with Gasteiger partial charge in [0.25, 0.3) is 0 Å². The van der Waals surface area contributed by atoms with Gasteiger partial charge in [0.2, 0.25) is 11.8 Å². The zero-order chi connectivity index (χ0) is 29.4. The minimum Gasteiger partial charge on any atom is -0.493 e. The summed E-state index contributed by atoms with van der Waals surface area (Å²) in [5.41, 5.74) is 1.68. The molecule has 6 rings (SSSR count). The Hall–Kier alpha value is -2.62. The molecule has 3 saturated carbocycles. The smallest absolute Gasteiger partial charge is 0.247 e. The predicted molar refractivity (Wildman–Crippen MR) is 156 cm³/mol. The van der Waals surface area contributed by atoms with Crippen molar-refractivity contribution < 1.29 is 34.4 Å². The highest BCUT2D eigenvalue weighted by Crippen LogP contribution is 2.52. The van der Waals surface area contributed by atoms with Crippen LogP contribution in [0.4, 0.5) is 0 Å². The van der Waals surface area contributed by atoms with Crippen molar-refractivity contribution in [2.24, 2.45) is 23.7 Å². The molecular formula is C33H46N2O7. The maximum Gasteiger partial charge on any atom is 0.247 e. The molecule has 0 saturated heterocycles. The second kappa shape index (κ2) is 12.5. The van der Waals surface area contributed by atoms with Gasteiger partial charge < -0.3 is 35.0 Å². The van der Waals surface area contributed by atoms with Gasteiger partial charge in [-0.2, -0.15) is 0 Å². The van der Waals surface area contributed by atoms with Crippen LogP contribution in [0.3, 0.4) is 0 Å². The van der Waals surface area contributed by atoms with Gasteiger partial charge in [0.05, 0.1) is 32.3 Å². The second-order valence-electron chi connectivity index (χ2n) is 13.2. The molecule has 42 heavy (non-hydrogen) atoms. The van der Waals surface area contributed by atoms with Crippen molar-refractivity contribution in [3.8, 4) is 11.5 Å². The Bertz CT molecular complexity index is 1200. The number of aliphatic hydroxyl groups is 3. The normalized spacial score (nSPS) is 31.6. The van der Waals surface area contributed by atoms with E-state index in [1.165, 1.54) is 32.8 Å². The molecule has 5 aliphatic rings. The number of rotatable bonds is 10. The van der Waals surface area contributed by atoms with Crippen LogP contribution in [0.5, 0.6) is 11.5 Å². The number of carbonyl (C=O) groups excluding carboxylic acids is 2. The summed E-state index contributed by atoms with van der Waals surface area (Å²) >= 11 is 0. The number of methoxy groups -OCH3 is 1. The standard InChI is InChI=1S/C33H46N2O7/c1-41-27-14-21(18-37)13-24-29-25(33(40)34-9-10-36)16-26(30(39)32(29)42-31(24)27)35(17-19-5-3-2-4-6-19)28(38)15-23-12-20-7-8-22(23)11-20/h13-14,16,19-20,22-23,26,29-30,32,36-37,39H,2-12,15,17-18H2,1H3,(H,34,40). The van der Waals surface area contributed by atoms with Gasteiger partial charge in [-0.25, -0.2) is 0 Å². The monoisotopic (exact) mass is 582 g/mol. The summed E-state index contributed by atoms with van der Waals surface area (Å²) in [6.45, 7) is 0.231. The van der Waals surface area contributed by atoms with E-state index in [0.717, 1.165) is 38.0 Å². The molecule has 0 radical (unpaired) electrons. The van der Waals surface area contributed by atoms with E-state index in [1.54, 1.807) is 18.2 Å². The number of fused-ring (bicyclic) bond motifs is 5. The third-order valence-electron chi connectivity index (χ3n) is 10.7. The Morgan fingerprint density at radius 3 is 2.57 bits per heavy atom. The first-order valence-electron chi connectivity index (χ1n) is 16.0. The molecule has 3 fully saturated rings. The number of aliphatic hydroxyl groups excluding tert-OH is 3. The van der Waals surface area contributed by atoms with E-state index in [2.05, 4.69) is 5.32 Å². The van der Waals surface area contributed by atoms with Gasteiger partial charge in [0.15, 0.2) is 11.5 Å². The Morgan fingerprint density at radius 1 is 1.10 bits per heavy atom. The lowest BCUT2D eigenvalue weighted by Gasteiger charge is -2.42. The molecule has 0 spiro atoms. The number of benzene rings is 1. The van der Waals surface area contributed by atoms with Crippen LogP contribution in [0.1, 0.15) is 81.3 Å². The third-order valence-corrected chi connectivity index (χ3v) is 10.7. The minimum atomic E-state index is -1.06. The van der Waals surface area contributed by atoms with Crippen LogP contribution >= 0.6 is 0 Å². The Labute approximate surface area is 248 Å². The van der Waals surface area contributed by atoms with E-state index in [-0.39, 0.29) is 31.6 Å². The molecule has 4 aliphatic carbocycles. The molecule has 7 atom stereocenters. The predicted octanol–water partition coefficient (Wildman–Crippen LogP) is 3.05. The molecule has 4 N–H and O–H groups in total. The topological polar surface area (TPSA) is 129 Å². The molecule has 9 heteroatoms. The zero-order valence-corrected chi connectivity index (χ0v) is 24.7. The molecule has 0 aromatic heterocycles. The highest BCUT2D eigenvalue weighted by atomic mass is 16.5. The quantitative estimate of drug-likeness (QED) is 0.334. The largest absolute Gasteiger partial charge is 0.493 e. The average molecular weight is 583 g/mol. The van der Waals surface area contributed by atoms with Gasteiger partial charge in [-0.05, 0) is 79.5 Å². The first kappa shape index (κ1) is 29.5. The molecule has 2 bridgehead atoms. The van der Waals surface area contributed by atoms with Crippen molar-refractivity contribution in [1.82, 2.24) is 10.2 Å². The fourth-order valence-electron chi connectivity index (χ4n) is 8.62.